The second-order valence-electron chi connectivity index (χ2n) is 4.09. The highest BCUT2D eigenvalue weighted by atomic mass is 16.2. The SMILES string of the molecule is C=CC=CCCCCCCCCC#CC#CCO. The number of hydrogen-bond donors (Lipinski definition) is 1. The molecule has 0 aliphatic rings. The highest BCUT2D eigenvalue weighted by Gasteiger charge is 1.89. The highest BCUT2D eigenvalue weighted by Crippen LogP contribution is 2.08. The van der Waals surface area contributed by atoms with Crippen LogP contribution < -0.4 is 0 Å². The van der Waals surface area contributed by atoms with Crippen LogP contribution in [0.15, 0.2) is 24.8 Å². The molecule has 0 amide bonds. The van der Waals surface area contributed by atoms with Crippen molar-refractivity contribution < 1.29 is 5.11 Å². The smallest absolute Gasteiger partial charge is 0.105 e. The van der Waals surface area contributed by atoms with E-state index in [9.17, 15) is 0 Å². The van der Waals surface area contributed by atoms with Gasteiger partial charge in [-0.25, -0.2) is 0 Å². The molecule has 0 rings (SSSR count). The molecule has 1 heteroatoms. The third-order valence-electron chi connectivity index (χ3n) is 2.51. The van der Waals surface area contributed by atoms with Crippen LogP contribution in [0, 0.1) is 23.7 Å². The van der Waals surface area contributed by atoms with E-state index in [2.05, 4.69) is 36.3 Å². The molecule has 1 nitrogen and oxygen atoms in total. The molecule has 0 aromatic heterocycles. The summed E-state index contributed by atoms with van der Waals surface area (Å²) in [5.41, 5.74) is 0. The number of aliphatic hydroxyl groups is 1. The van der Waals surface area contributed by atoms with Crippen molar-refractivity contribution in [2.24, 2.45) is 0 Å². The minimum atomic E-state index is -0.101. The molecule has 0 heterocycles. The summed E-state index contributed by atoms with van der Waals surface area (Å²) in [6.45, 7) is 3.54. The normalized spacial score (nSPS) is 9.39. The predicted molar refractivity (Wildman–Crippen MR) is 78.9 cm³/mol. The molecule has 0 unspecified atom stereocenters. The molecule has 0 saturated carbocycles. The Morgan fingerprint density at radius 2 is 1.56 bits per heavy atom. The fourth-order valence-electron chi connectivity index (χ4n) is 1.57. The summed E-state index contributed by atoms with van der Waals surface area (Å²) in [6, 6.07) is 0. The first kappa shape index (κ1) is 16.6. The van der Waals surface area contributed by atoms with E-state index in [1.807, 2.05) is 12.2 Å². The maximum atomic E-state index is 8.41. The molecule has 0 aliphatic heterocycles. The van der Waals surface area contributed by atoms with E-state index in [1.54, 1.807) is 0 Å². The monoisotopic (exact) mass is 244 g/mol. The standard InChI is InChI=1S/C17H24O/c1-2-3-4-5-6-7-8-9-10-11-12-13-14-15-16-17-18/h2-4,18H,1,5-12,17H2. The van der Waals surface area contributed by atoms with E-state index in [0.29, 0.717) is 0 Å². The van der Waals surface area contributed by atoms with Crippen molar-refractivity contribution in [1.29, 1.82) is 0 Å². The van der Waals surface area contributed by atoms with Crippen molar-refractivity contribution in [2.75, 3.05) is 6.61 Å². The van der Waals surface area contributed by atoms with Crippen LogP contribution in [0.3, 0.4) is 0 Å². The second-order valence-corrected chi connectivity index (χ2v) is 4.09. The molecule has 0 saturated heterocycles. The molecule has 0 aromatic rings. The lowest BCUT2D eigenvalue weighted by molar-refractivity contribution is 0.350. The van der Waals surface area contributed by atoms with Crippen molar-refractivity contribution in [3.05, 3.63) is 24.8 Å². The van der Waals surface area contributed by atoms with Gasteiger partial charge in [-0.2, -0.15) is 0 Å². The Hall–Kier alpha value is -1.44. The molecule has 0 bridgehead atoms. The van der Waals surface area contributed by atoms with Crippen LogP contribution in [-0.4, -0.2) is 11.7 Å². The topological polar surface area (TPSA) is 20.2 Å². The van der Waals surface area contributed by atoms with E-state index >= 15 is 0 Å². The van der Waals surface area contributed by atoms with Crippen molar-refractivity contribution >= 4 is 0 Å². The molecule has 0 radical (unpaired) electrons. The average Bonchev–Trinajstić information content (AvgIpc) is 2.39. The molecule has 0 aromatic carbocycles. The number of aliphatic hydroxyl groups excluding tert-OH is 1. The van der Waals surface area contributed by atoms with Crippen molar-refractivity contribution in [3.8, 4) is 23.7 Å². The minimum absolute atomic E-state index is 0.101. The highest BCUT2D eigenvalue weighted by molar-refractivity contribution is 5.25. The molecule has 98 valence electrons. The Morgan fingerprint density at radius 3 is 2.28 bits per heavy atom. The fraction of sp³-hybridized carbons (Fsp3) is 0.529. The largest absolute Gasteiger partial charge is 0.384 e. The van der Waals surface area contributed by atoms with Crippen molar-refractivity contribution in [1.82, 2.24) is 0 Å². The third-order valence-corrected chi connectivity index (χ3v) is 2.51. The first-order chi connectivity index (χ1) is 8.91. The predicted octanol–water partition coefficient (Wildman–Crippen LogP) is 3.85. The Morgan fingerprint density at radius 1 is 0.889 bits per heavy atom. The van der Waals surface area contributed by atoms with Crippen molar-refractivity contribution in [3.63, 3.8) is 0 Å². The Kier molecular flexibility index (Phi) is 14.3. The molecular formula is C17H24O. The molecule has 0 fully saturated rings. The molecule has 0 aliphatic carbocycles. The van der Waals surface area contributed by atoms with Crippen LogP contribution >= 0.6 is 0 Å². The second kappa shape index (κ2) is 15.6. The minimum Gasteiger partial charge on any atom is -0.384 e. The van der Waals surface area contributed by atoms with E-state index in [0.717, 1.165) is 12.8 Å². The van der Waals surface area contributed by atoms with Gasteiger partial charge < -0.3 is 5.11 Å². The maximum Gasteiger partial charge on any atom is 0.105 e. The molecule has 0 spiro atoms. The summed E-state index contributed by atoms with van der Waals surface area (Å²) in [5, 5.41) is 8.41. The summed E-state index contributed by atoms with van der Waals surface area (Å²) in [5.74, 6) is 10.8. The van der Waals surface area contributed by atoms with Crippen LogP contribution in [-0.2, 0) is 0 Å². The van der Waals surface area contributed by atoms with Crippen molar-refractivity contribution in [2.45, 2.75) is 51.4 Å². The van der Waals surface area contributed by atoms with Gasteiger partial charge in [-0.15, -0.1) is 0 Å². The summed E-state index contributed by atoms with van der Waals surface area (Å²) >= 11 is 0. The molecular weight excluding hydrogens is 220 g/mol. The third kappa shape index (κ3) is 14.6. The van der Waals surface area contributed by atoms with E-state index < -0.39 is 0 Å². The van der Waals surface area contributed by atoms with Crippen LogP contribution in [0.2, 0.25) is 0 Å². The zero-order chi connectivity index (χ0) is 13.3. The number of rotatable bonds is 9. The van der Waals surface area contributed by atoms with Gasteiger partial charge in [0.15, 0.2) is 0 Å². The average molecular weight is 244 g/mol. The first-order valence-corrected chi connectivity index (χ1v) is 6.76. The molecule has 1 N–H and O–H groups in total. The lowest BCUT2D eigenvalue weighted by Gasteiger charge is -1.98. The Bertz CT molecular complexity index is 330. The Labute approximate surface area is 112 Å². The fourth-order valence-corrected chi connectivity index (χ4v) is 1.57. The van der Waals surface area contributed by atoms with Gasteiger partial charge in [-0.1, -0.05) is 62.3 Å². The zero-order valence-electron chi connectivity index (χ0n) is 11.3. The summed E-state index contributed by atoms with van der Waals surface area (Å²) < 4.78 is 0. The van der Waals surface area contributed by atoms with Crippen LogP contribution in [0.25, 0.3) is 0 Å². The van der Waals surface area contributed by atoms with Gasteiger partial charge in [0.2, 0.25) is 0 Å². The lowest BCUT2D eigenvalue weighted by Crippen LogP contribution is -1.79. The number of hydrogen-bond acceptors (Lipinski definition) is 1. The molecule has 18 heavy (non-hydrogen) atoms. The number of unbranched alkanes of at least 4 members (excludes halogenated alkanes) is 7. The zero-order valence-corrected chi connectivity index (χ0v) is 11.3. The summed E-state index contributed by atoms with van der Waals surface area (Å²) in [6.07, 6.45) is 15.7. The lowest BCUT2D eigenvalue weighted by atomic mass is 10.1. The van der Waals surface area contributed by atoms with Crippen LogP contribution in [0.1, 0.15) is 51.4 Å². The summed E-state index contributed by atoms with van der Waals surface area (Å²) in [4.78, 5) is 0. The van der Waals surface area contributed by atoms with E-state index in [4.69, 9.17) is 5.11 Å². The van der Waals surface area contributed by atoms with Gasteiger partial charge in [0.25, 0.3) is 0 Å². The van der Waals surface area contributed by atoms with Gasteiger partial charge in [-0.05, 0) is 31.1 Å². The van der Waals surface area contributed by atoms with Gasteiger partial charge in [0.05, 0.1) is 0 Å². The summed E-state index contributed by atoms with van der Waals surface area (Å²) in [7, 11) is 0. The number of allylic oxidation sites excluding steroid dienone is 3. The Balaban J connectivity index is 3.18. The maximum absolute atomic E-state index is 8.41. The molecule has 0 atom stereocenters. The van der Waals surface area contributed by atoms with Crippen LogP contribution in [0.5, 0.6) is 0 Å². The quantitative estimate of drug-likeness (QED) is 0.371. The van der Waals surface area contributed by atoms with Gasteiger partial charge >= 0.3 is 0 Å². The van der Waals surface area contributed by atoms with Crippen LogP contribution in [0.4, 0.5) is 0 Å². The van der Waals surface area contributed by atoms with Gasteiger partial charge in [0.1, 0.15) is 6.61 Å². The van der Waals surface area contributed by atoms with Gasteiger partial charge in [0, 0.05) is 6.42 Å². The first-order valence-electron chi connectivity index (χ1n) is 6.76. The van der Waals surface area contributed by atoms with E-state index in [1.165, 1.54) is 38.5 Å². The van der Waals surface area contributed by atoms with Gasteiger partial charge in [-0.3, -0.25) is 0 Å². The van der Waals surface area contributed by atoms with E-state index in [-0.39, 0.29) is 6.61 Å².